The van der Waals surface area contributed by atoms with Crippen LogP contribution in [-0.2, 0) is 19.4 Å². The number of aromatic nitrogens is 4. The van der Waals surface area contributed by atoms with Crippen molar-refractivity contribution in [3.63, 3.8) is 0 Å². The summed E-state index contributed by atoms with van der Waals surface area (Å²) in [5, 5.41) is 17.4. The van der Waals surface area contributed by atoms with E-state index in [2.05, 4.69) is 39.8 Å². The van der Waals surface area contributed by atoms with Gasteiger partial charge in [-0.1, -0.05) is 13.8 Å². The number of carbonyl (C=O) groups is 1. The van der Waals surface area contributed by atoms with Crippen molar-refractivity contribution in [2.24, 2.45) is 5.92 Å². The molecule has 7 heteroatoms. The molecule has 3 rings (SSSR count). The van der Waals surface area contributed by atoms with Gasteiger partial charge in [-0.15, -0.1) is 0 Å². The monoisotopic (exact) mass is 330 g/mol. The van der Waals surface area contributed by atoms with Gasteiger partial charge in [-0.2, -0.15) is 10.2 Å². The third-order valence-corrected chi connectivity index (χ3v) is 4.62. The van der Waals surface area contributed by atoms with Gasteiger partial charge >= 0.3 is 6.03 Å². The van der Waals surface area contributed by atoms with Crippen molar-refractivity contribution in [3.05, 3.63) is 29.3 Å². The van der Waals surface area contributed by atoms with E-state index in [0.29, 0.717) is 5.92 Å². The summed E-state index contributed by atoms with van der Waals surface area (Å²) in [6.45, 7) is 7.25. The smallest absolute Gasteiger partial charge is 0.319 e. The first-order valence-corrected chi connectivity index (χ1v) is 8.64. The molecule has 0 saturated carbocycles. The SMILES string of the molecule is Cc1c(NC(=O)N[C@@H]2CCc3[nH]ncc3C2)cnn1CCC(C)C. The highest BCUT2D eigenvalue weighted by atomic mass is 16.2. The fraction of sp³-hybridized carbons (Fsp3) is 0.588. The Labute approximate surface area is 142 Å². The number of nitrogens with one attached hydrogen (secondary N) is 3. The Hall–Kier alpha value is -2.31. The van der Waals surface area contributed by atoms with Crippen molar-refractivity contribution in [1.29, 1.82) is 0 Å². The molecule has 0 radical (unpaired) electrons. The molecule has 24 heavy (non-hydrogen) atoms. The maximum absolute atomic E-state index is 12.3. The van der Waals surface area contributed by atoms with E-state index in [1.807, 2.05) is 17.8 Å². The van der Waals surface area contributed by atoms with Gasteiger partial charge < -0.3 is 10.6 Å². The molecule has 2 heterocycles. The summed E-state index contributed by atoms with van der Waals surface area (Å²) in [7, 11) is 0. The predicted octanol–water partition coefficient (Wildman–Crippen LogP) is 2.64. The Morgan fingerprint density at radius 1 is 1.46 bits per heavy atom. The summed E-state index contributed by atoms with van der Waals surface area (Å²) >= 11 is 0. The molecular weight excluding hydrogens is 304 g/mol. The second-order valence-electron chi connectivity index (χ2n) is 6.96. The number of nitrogens with zero attached hydrogens (tertiary/aromatic N) is 3. The molecule has 0 aliphatic heterocycles. The van der Waals surface area contributed by atoms with Crippen LogP contribution in [0.25, 0.3) is 0 Å². The number of anilines is 1. The molecule has 0 fully saturated rings. The van der Waals surface area contributed by atoms with E-state index in [-0.39, 0.29) is 12.1 Å². The van der Waals surface area contributed by atoms with Crippen LogP contribution in [0.4, 0.5) is 10.5 Å². The number of urea groups is 1. The fourth-order valence-electron chi connectivity index (χ4n) is 3.06. The van der Waals surface area contributed by atoms with Crippen molar-refractivity contribution >= 4 is 11.7 Å². The summed E-state index contributed by atoms with van der Waals surface area (Å²) in [4.78, 5) is 12.3. The molecule has 2 aromatic heterocycles. The van der Waals surface area contributed by atoms with Gasteiger partial charge in [0.2, 0.25) is 0 Å². The number of rotatable bonds is 5. The highest BCUT2D eigenvalue weighted by molar-refractivity contribution is 5.89. The lowest BCUT2D eigenvalue weighted by molar-refractivity contribution is 0.247. The zero-order valence-electron chi connectivity index (χ0n) is 14.6. The van der Waals surface area contributed by atoms with Crippen LogP contribution < -0.4 is 10.6 Å². The second-order valence-corrected chi connectivity index (χ2v) is 6.96. The molecule has 2 aromatic rings. The Bertz CT molecular complexity index is 702. The number of aromatic amines is 1. The molecule has 0 spiro atoms. The first kappa shape index (κ1) is 16.5. The molecule has 0 aromatic carbocycles. The molecule has 130 valence electrons. The van der Waals surface area contributed by atoms with Gasteiger partial charge in [0.1, 0.15) is 0 Å². The van der Waals surface area contributed by atoms with Gasteiger partial charge in [-0.3, -0.25) is 9.78 Å². The Morgan fingerprint density at radius 3 is 3.08 bits per heavy atom. The highest BCUT2D eigenvalue weighted by Crippen LogP contribution is 2.19. The van der Waals surface area contributed by atoms with E-state index in [0.717, 1.165) is 43.6 Å². The van der Waals surface area contributed by atoms with E-state index in [9.17, 15) is 4.79 Å². The molecule has 1 atom stereocenters. The molecule has 2 amide bonds. The Kier molecular flexibility index (Phi) is 4.87. The lowest BCUT2D eigenvalue weighted by Gasteiger charge is -2.22. The topological polar surface area (TPSA) is 87.6 Å². The van der Waals surface area contributed by atoms with Crippen molar-refractivity contribution < 1.29 is 4.79 Å². The molecule has 1 aliphatic rings. The first-order valence-electron chi connectivity index (χ1n) is 8.64. The molecule has 3 N–H and O–H groups in total. The number of H-pyrrole nitrogens is 1. The van der Waals surface area contributed by atoms with Gasteiger partial charge in [0.15, 0.2) is 0 Å². The fourth-order valence-corrected chi connectivity index (χ4v) is 3.06. The summed E-state index contributed by atoms with van der Waals surface area (Å²) in [6, 6.07) is -0.0233. The lowest BCUT2D eigenvalue weighted by atomic mass is 9.94. The minimum Gasteiger partial charge on any atom is -0.335 e. The second kappa shape index (κ2) is 7.07. The average molecular weight is 330 g/mol. The molecule has 0 unspecified atom stereocenters. The molecular formula is C17H26N6O. The summed E-state index contributed by atoms with van der Waals surface area (Å²) in [6.07, 6.45) is 7.32. The third-order valence-electron chi connectivity index (χ3n) is 4.62. The number of hydrogen-bond donors (Lipinski definition) is 3. The van der Waals surface area contributed by atoms with E-state index >= 15 is 0 Å². The molecule has 1 aliphatic carbocycles. The van der Waals surface area contributed by atoms with Crippen LogP contribution in [0.3, 0.4) is 0 Å². The number of carbonyl (C=O) groups excluding carboxylic acids is 1. The van der Waals surface area contributed by atoms with E-state index in [1.54, 1.807) is 6.20 Å². The highest BCUT2D eigenvalue weighted by Gasteiger charge is 2.22. The quantitative estimate of drug-likeness (QED) is 0.787. The minimum atomic E-state index is -0.168. The lowest BCUT2D eigenvalue weighted by Crippen LogP contribution is -2.41. The number of aryl methyl sites for hydroxylation is 2. The summed E-state index contributed by atoms with van der Waals surface area (Å²) in [5.74, 6) is 0.632. The largest absolute Gasteiger partial charge is 0.335 e. The van der Waals surface area contributed by atoms with Gasteiger partial charge in [-0.25, -0.2) is 4.79 Å². The number of fused-ring (bicyclic) bond motifs is 1. The van der Waals surface area contributed by atoms with Crippen LogP contribution in [-0.4, -0.2) is 32.1 Å². The first-order chi connectivity index (χ1) is 11.5. The Morgan fingerprint density at radius 2 is 2.29 bits per heavy atom. The van der Waals surface area contributed by atoms with E-state index < -0.39 is 0 Å². The molecule has 0 bridgehead atoms. The van der Waals surface area contributed by atoms with Crippen molar-refractivity contribution in [2.45, 2.75) is 59.0 Å². The van der Waals surface area contributed by atoms with Crippen molar-refractivity contribution in [1.82, 2.24) is 25.3 Å². The van der Waals surface area contributed by atoms with Crippen LogP contribution >= 0.6 is 0 Å². The van der Waals surface area contributed by atoms with Crippen LogP contribution in [0, 0.1) is 12.8 Å². The van der Waals surface area contributed by atoms with Gasteiger partial charge in [-0.05, 0) is 44.1 Å². The third kappa shape index (κ3) is 3.77. The Balaban J connectivity index is 1.54. The van der Waals surface area contributed by atoms with Crippen LogP contribution in [0.2, 0.25) is 0 Å². The summed E-state index contributed by atoms with van der Waals surface area (Å²) in [5.41, 5.74) is 4.16. The zero-order valence-corrected chi connectivity index (χ0v) is 14.6. The average Bonchev–Trinajstić information content (AvgIpc) is 3.12. The molecule has 0 saturated heterocycles. The standard InChI is InChI=1S/C17H26N6O/c1-11(2)6-7-23-12(3)16(10-19-23)21-17(24)20-14-4-5-15-13(8-14)9-18-22-15/h9-11,14H,4-8H2,1-3H3,(H,18,22)(H2,20,21,24)/t14-/m1/s1. The van der Waals surface area contributed by atoms with E-state index in [1.165, 1.54) is 11.3 Å². The van der Waals surface area contributed by atoms with Gasteiger partial charge in [0, 0.05) is 18.3 Å². The molecule has 7 nitrogen and oxygen atoms in total. The van der Waals surface area contributed by atoms with E-state index in [4.69, 9.17) is 0 Å². The van der Waals surface area contributed by atoms with Crippen LogP contribution in [0.5, 0.6) is 0 Å². The van der Waals surface area contributed by atoms with Gasteiger partial charge in [0.05, 0.1) is 23.8 Å². The number of hydrogen-bond acceptors (Lipinski definition) is 3. The normalized spacial score (nSPS) is 16.9. The van der Waals surface area contributed by atoms with Crippen molar-refractivity contribution in [2.75, 3.05) is 5.32 Å². The summed E-state index contributed by atoms with van der Waals surface area (Å²) < 4.78 is 1.95. The number of amides is 2. The zero-order chi connectivity index (χ0) is 17.1. The minimum absolute atomic E-state index is 0.145. The van der Waals surface area contributed by atoms with Crippen molar-refractivity contribution in [3.8, 4) is 0 Å². The predicted molar refractivity (Wildman–Crippen MR) is 93.0 cm³/mol. The maximum Gasteiger partial charge on any atom is 0.319 e. The van der Waals surface area contributed by atoms with Crippen LogP contribution in [0.1, 0.15) is 43.6 Å². The maximum atomic E-state index is 12.3. The van der Waals surface area contributed by atoms with Crippen LogP contribution in [0.15, 0.2) is 12.4 Å². The van der Waals surface area contributed by atoms with Gasteiger partial charge in [0.25, 0.3) is 0 Å².